The first-order chi connectivity index (χ1) is 21.8. The molecule has 2 fully saturated rings. The Labute approximate surface area is 270 Å². The number of rotatable bonds is 12. The molecule has 1 N–H and O–H groups in total. The Hall–Kier alpha value is -3.74. The zero-order valence-electron chi connectivity index (χ0n) is 28.3. The van der Waals surface area contributed by atoms with Gasteiger partial charge >= 0.3 is 0 Å². The van der Waals surface area contributed by atoms with Gasteiger partial charge in [-0.2, -0.15) is 5.10 Å². The van der Waals surface area contributed by atoms with Crippen LogP contribution in [0, 0.1) is 12.8 Å². The van der Waals surface area contributed by atoms with E-state index >= 15 is 0 Å². The molecular weight excluding hydrogens is 556 g/mol. The fraction of sp³-hybridized carbons (Fsp3) is 0.526. The minimum Gasteiger partial charge on any atom is -0.369 e. The summed E-state index contributed by atoms with van der Waals surface area (Å²) in [5, 5.41) is 8.69. The minimum atomic E-state index is 0.0549. The lowest BCUT2D eigenvalue weighted by atomic mass is 9.78. The fourth-order valence-electron chi connectivity index (χ4n) is 7.57. The van der Waals surface area contributed by atoms with E-state index in [2.05, 4.69) is 78.4 Å². The van der Waals surface area contributed by atoms with Crippen LogP contribution in [0.5, 0.6) is 0 Å². The third-order valence-electron chi connectivity index (χ3n) is 10.3. The Balaban J connectivity index is 1.46. The highest BCUT2D eigenvalue weighted by Gasteiger charge is 2.45. The standard InChI is InChI=1S/C38H52N6O/c1-7-11-28(12-8-2)23-40-37-34(21-27(4)36(42-37)31-14-10-13-30(22-31)29(9-3)24-39-5)32-25-41-44(26-32)33-15-18-38(19-16-33)20-17-35(45)43(38)6/h9-10,13-14,21-22,24-26,28,33H,7-8,11-12,15-20,23H2,1-6H3,(H,40,42)/b29-9+,39-24?. The zero-order chi connectivity index (χ0) is 32.0. The summed E-state index contributed by atoms with van der Waals surface area (Å²) in [6, 6.07) is 11.2. The number of hydrogen-bond acceptors (Lipinski definition) is 5. The number of aryl methyl sites for hydroxylation is 1. The number of nitrogens with zero attached hydrogens (tertiary/aromatic N) is 5. The zero-order valence-corrected chi connectivity index (χ0v) is 28.3. The van der Waals surface area contributed by atoms with Crippen LogP contribution in [0.1, 0.15) is 102 Å². The van der Waals surface area contributed by atoms with Gasteiger partial charge < -0.3 is 10.2 Å². The van der Waals surface area contributed by atoms with Crippen molar-refractivity contribution in [1.29, 1.82) is 0 Å². The maximum atomic E-state index is 12.3. The summed E-state index contributed by atoms with van der Waals surface area (Å²) in [6.45, 7) is 9.66. The molecule has 45 heavy (non-hydrogen) atoms. The van der Waals surface area contributed by atoms with Crippen molar-refractivity contribution in [3.63, 3.8) is 0 Å². The maximum Gasteiger partial charge on any atom is 0.222 e. The Bertz CT molecular complexity index is 1520. The average molecular weight is 609 g/mol. The molecule has 0 atom stereocenters. The summed E-state index contributed by atoms with van der Waals surface area (Å²) in [5.41, 5.74) is 7.72. The third-order valence-corrected chi connectivity index (χ3v) is 10.3. The number of carbonyl (C=O) groups is 1. The number of benzene rings is 1. The van der Waals surface area contributed by atoms with Gasteiger partial charge in [-0.3, -0.25) is 14.5 Å². The minimum absolute atomic E-state index is 0.0549. The molecule has 1 saturated heterocycles. The van der Waals surface area contributed by atoms with E-state index in [1.165, 1.54) is 25.7 Å². The van der Waals surface area contributed by atoms with Crippen LogP contribution in [0.25, 0.3) is 28.0 Å². The van der Waals surface area contributed by atoms with E-state index in [0.717, 1.165) is 83.6 Å². The first-order valence-electron chi connectivity index (χ1n) is 17.1. The van der Waals surface area contributed by atoms with E-state index < -0.39 is 0 Å². The first-order valence-corrected chi connectivity index (χ1v) is 17.1. The van der Waals surface area contributed by atoms with E-state index in [9.17, 15) is 4.79 Å². The smallest absolute Gasteiger partial charge is 0.222 e. The average Bonchev–Trinajstić information content (AvgIpc) is 3.65. The van der Waals surface area contributed by atoms with Crippen molar-refractivity contribution >= 4 is 23.5 Å². The number of hydrogen-bond donors (Lipinski definition) is 1. The molecule has 1 spiro atoms. The molecule has 3 aromatic rings. The Morgan fingerprint density at radius 1 is 1.13 bits per heavy atom. The maximum absolute atomic E-state index is 12.3. The van der Waals surface area contributed by atoms with Gasteiger partial charge in [-0.15, -0.1) is 0 Å². The fourth-order valence-corrected chi connectivity index (χ4v) is 7.57. The number of allylic oxidation sites excluding steroid dienone is 2. The normalized spacial score (nSPS) is 20.7. The van der Waals surface area contributed by atoms with Crippen LogP contribution in [0.2, 0.25) is 0 Å². The summed E-state index contributed by atoms with van der Waals surface area (Å²) < 4.78 is 2.17. The SMILES string of the molecule is C/C=C(\C=NC)c1cccc(-c2nc(NCC(CCC)CCC)c(-c3cnn(C4CCC5(CCC(=O)N5C)CC4)c3)cc2C)c1. The van der Waals surface area contributed by atoms with Crippen molar-refractivity contribution in [3.05, 3.63) is 59.9 Å². The lowest BCUT2D eigenvalue weighted by Gasteiger charge is -2.42. The van der Waals surface area contributed by atoms with Crippen molar-refractivity contribution in [2.45, 2.75) is 103 Å². The number of carbonyl (C=O) groups excluding carboxylic acids is 1. The van der Waals surface area contributed by atoms with Gasteiger partial charge in [0, 0.05) is 61.7 Å². The van der Waals surface area contributed by atoms with Crippen molar-refractivity contribution in [3.8, 4) is 22.4 Å². The third kappa shape index (κ3) is 7.08. The van der Waals surface area contributed by atoms with E-state index in [4.69, 9.17) is 10.1 Å². The Morgan fingerprint density at radius 2 is 1.89 bits per heavy atom. The molecule has 1 saturated carbocycles. The van der Waals surface area contributed by atoms with Crippen molar-refractivity contribution in [1.82, 2.24) is 19.7 Å². The highest BCUT2D eigenvalue weighted by Crippen LogP contribution is 2.44. The molecule has 0 radical (unpaired) electrons. The number of likely N-dealkylation sites (tertiary alicyclic amines) is 1. The van der Waals surface area contributed by atoms with Crippen LogP contribution in [0.15, 0.2) is 53.8 Å². The Morgan fingerprint density at radius 3 is 2.53 bits per heavy atom. The predicted octanol–water partition coefficient (Wildman–Crippen LogP) is 8.76. The van der Waals surface area contributed by atoms with Gasteiger partial charge in [0.25, 0.3) is 0 Å². The number of pyridine rings is 1. The number of nitrogens with one attached hydrogen (secondary N) is 1. The highest BCUT2D eigenvalue weighted by atomic mass is 16.2. The largest absolute Gasteiger partial charge is 0.369 e. The predicted molar refractivity (Wildman–Crippen MR) is 188 cm³/mol. The molecule has 1 aliphatic heterocycles. The van der Waals surface area contributed by atoms with Gasteiger partial charge in [-0.25, -0.2) is 4.98 Å². The Kier molecular flexibility index (Phi) is 10.6. The van der Waals surface area contributed by atoms with Crippen LogP contribution in [-0.4, -0.2) is 58.0 Å². The summed E-state index contributed by atoms with van der Waals surface area (Å²) >= 11 is 0. The molecule has 2 aliphatic rings. The summed E-state index contributed by atoms with van der Waals surface area (Å²) in [4.78, 5) is 23.9. The number of aromatic nitrogens is 3. The molecule has 5 rings (SSSR count). The second kappa shape index (κ2) is 14.6. The van der Waals surface area contributed by atoms with Gasteiger partial charge in [0.15, 0.2) is 0 Å². The monoisotopic (exact) mass is 608 g/mol. The topological polar surface area (TPSA) is 75.4 Å². The highest BCUT2D eigenvalue weighted by molar-refractivity contribution is 6.10. The molecule has 0 bridgehead atoms. The van der Waals surface area contributed by atoms with E-state index in [1.54, 1.807) is 0 Å². The van der Waals surface area contributed by atoms with Crippen LogP contribution < -0.4 is 5.32 Å². The van der Waals surface area contributed by atoms with Gasteiger partial charge in [-0.05, 0) is 93.5 Å². The number of aliphatic imine (C=N–C) groups is 1. The van der Waals surface area contributed by atoms with Gasteiger partial charge in [0.05, 0.1) is 17.9 Å². The summed E-state index contributed by atoms with van der Waals surface area (Å²) in [5.74, 6) is 1.84. The molecule has 2 aromatic heterocycles. The molecule has 7 nitrogen and oxygen atoms in total. The van der Waals surface area contributed by atoms with E-state index in [1.807, 2.05) is 38.3 Å². The summed E-state index contributed by atoms with van der Waals surface area (Å²) in [6.07, 6.45) is 18.9. The van der Waals surface area contributed by atoms with Crippen LogP contribution in [-0.2, 0) is 4.79 Å². The molecule has 1 amide bonds. The molecule has 3 heterocycles. The lowest BCUT2D eigenvalue weighted by molar-refractivity contribution is -0.130. The number of anilines is 1. The van der Waals surface area contributed by atoms with Crippen molar-refractivity contribution in [2.24, 2.45) is 10.9 Å². The van der Waals surface area contributed by atoms with E-state index in [0.29, 0.717) is 24.3 Å². The van der Waals surface area contributed by atoms with Crippen LogP contribution in [0.3, 0.4) is 0 Å². The van der Waals surface area contributed by atoms with Crippen LogP contribution >= 0.6 is 0 Å². The second-order valence-electron chi connectivity index (χ2n) is 13.2. The quantitative estimate of drug-likeness (QED) is 0.209. The molecule has 0 unspecified atom stereocenters. The van der Waals surface area contributed by atoms with Gasteiger partial charge in [0.2, 0.25) is 5.91 Å². The first kappa shape index (κ1) is 32.6. The second-order valence-corrected chi connectivity index (χ2v) is 13.2. The van der Waals surface area contributed by atoms with Crippen molar-refractivity contribution < 1.29 is 4.79 Å². The molecule has 1 aliphatic carbocycles. The van der Waals surface area contributed by atoms with Gasteiger partial charge in [0.1, 0.15) is 5.82 Å². The molecule has 240 valence electrons. The van der Waals surface area contributed by atoms with Crippen molar-refractivity contribution in [2.75, 3.05) is 26.0 Å². The number of amides is 1. The van der Waals surface area contributed by atoms with Crippen LogP contribution in [0.4, 0.5) is 5.82 Å². The molecule has 7 heteroatoms. The van der Waals surface area contributed by atoms with E-state index in [-0.39, 0.29) is 5.54 Å². The van der Waals surface area contributed by atoms with Gasteiger partial charge in [-0.1, -0.05) is 51.0 Å². The lowest BCUT2D eigenvalue weighted by Crippen LogP contribution is -2.46. The molecule has 1 aromatic carbocycles. The summed E-state index contributed by atoms with van der Waals surface area (Å²) in [7, 11) is 3.80. The molecular formula is C38H52N6O.